The molecule has 0 unspecified atom stereocenters. The van der Waals surface area contributed by atoms with Crippen molar-refractivity contribution in [2.75, 3.05) is 0 Å². The summed E-state index contributed by atoms with van der Waals surface area (Å²) in [7, 11) is 0. The summed E-state index contributed by atoms with van der Waals surface area (Å²) in [4.78, 5) is 25.9. The highest BCUT2D eigenvalue weighted by Crippen LogP contribution is 2.09. The predicted molar refractivity (Wildman–Crippen MR) is 56.8 cm³/mol. The van der Waals surface area contributed by atoms with Crippen molar-refractivity contribution in [2.24, 2.45) is 0 Å². The van der Waals surface area contributed by atoms with E-state index in [2.05, 4.69) is 4.98 Å². The molecule has 17 heavy (non-hydrogen) atoms. The molecule has 6 heteroatoms. The van der Waals surface area contributed by atoms with E-state index in [1.54, 1.807) is 6.07 Å². The Labute approximate surface area is 94.8 Å². The molecule has 0 saturated carbocycles. The molecule has 0 saturated heterocycles. The van der Waals surface area contributed by atoms with E-state index in [1.165, 1.54) is 24.4 Å². The largest absolute Gasteiger partial charge is 0.476 e. The second-order valence-corrected chi connectivity index (χ2v) is 3.21. The van der Waals surface area contributed by atoms with Crippen LogP contribution < -0.4 is 5.56 Å². The quantitative estimate of drug-likeness (QED) is 0.843. The minimum absolute atomic E-state index is 0.0117. The van der Waals surface area contributed by atoms with E-state index in [0.717, 1.165) is 10.8 Å². The predicted octanol–water partition coefficient (Wildman–Crippen LogP) is 1.07. The van der Waals surface area contributed by atoms with E-state index < -0.39 is 23.0 Å². The number of hydrogen-bond acceptors (Lipinski definition) is 3. The van der Waals surface area contributed by atoms with Crippen LogP contribution in [0.5, 0.6) is 0 Å². The number of carboxylic acids is 1. The Balaban J connectivity index is 2.70. The molecule has 1 aromatic heterocycles. The van der Waals surface area contributed by atoms with E-state index >= 15 is 0 Å². The number of carboxylic acid groups (broad SMARTS) is 1. The number of hydrogen-bond donors (Lipinski definition) is 1. The molecule has 2 aromatic rings. The van der Waals surface area contributed by atoms with Gasteiger partial charge in [-0.05, 0) is 12.1 Å². The molecule has 0 atom stereocenters. The van der Waals surface area contributed by atoms with Crippen molar-refractivity contribution < 1.29 is 14.3 Å². The lowest BCUT2D eigenvalue weighted by Crippen LogP contribution is -2.26. The molecule has 0 fully saturated rings. The third kappa shape index (κ3) is 1.92. The first-order valence-corrected chi connectivity index (χ1v) is 4.67. The van der Waals surface area contributed by atoms with Crippen molar-refractivity contribution in [3.05, 3.63) is 58.5 Å². The van der Waals surface area contributed by atoms with Crippen molar-refractivity contribution in [3.63, 3.8) is 0 Å². The maximum absolute atomic E-state index is 13.5. The molecule has 1 aromatic carbocycles. The number of para-hydroxylation sites is 1. The summed E-state index contributed by atoms with van der Waals surface area (Å²) in [6.45, 7) is 0. The summed E-state index contributed by atoms with van der Waals surface area (Å²) in [6.07, 6.45) is 2.35. The second-order valence-electron chi connectivity index (χ2n) is 3.21. The fourth-order valence-electron chi connectivity index (χ4n) is 1.40. The van der Waals surface area contributed by atoms with E-state index in [-0.39, 0.29) is 5.69 Å². The molecule has 0 radical (unpaired) electrons. The van der Waals surface area contributed by atoms with Crippen LogP contribution in [-0.2, 0) is 0 Å². The second kappa shape index (κ2) is 4.17. The van der Waals surface area contributed by atoms with Gasteiger partial charge in [0.1, 0.15) is 5.82 Å². The lowest BCUT2D eigenvalue weighted by molar-refractivity contribution is 0.0688. The molecule has 0 aliphatic rings. The van der Waals surface area contributed by atoms with Crippen molar-refractivity contribution in [1.82, 2.24) is 9.55 Å². The smallest absolute Gasteiger partial charge is 0.360 e. The highest BCUT2D eigenvalue weighted by molar-refractivity contribution is 5.84. The number of halogens is 1. The first-order chi connectivity index (χ1) is 8.11. The van der Waals surface area contributed by atoms with Crippen LogP contribution in [0.2, 0.25) is 0 Å². The Bertz CT molecular complexity index is 637. The van der Waals surface area contributed by atoms with Crippen LogP contribution in [0.4, 0.5) is 4.39 Å². The number of aromatic nitrogens is 2. The first-order valence-electron chi connectivity index (χ1n) is 4.67. The van der Waals surface area contributed by atoms with Gasteiger partial charge in [0.25, 0.3) is 5.56 Å². The van der Waals surface area contributed by atoms with Gasteiger partial charge in [-0.15, -0.1) is 0 Å². The average Bonchev–Trinajstić information content (AvgIpc) is 2.30. The number of nitrogens with zero attached hydrogens (tertiary/aromatic N) is 2. The van der Waals surface area contributed by atoms with E-state index in [1.807, 2.05) is 0 Å². The van der Waals surface area contributed by atoms with Crippen molar-refractivity contribution in [2.45, 2.75) is 0 Å². The topological polar surface area (TPSA) is 72.2 Å². The van der Waals surface area contributed by atoms with Gasteiger partial charge in [-0.1, -0.05) is 12.1 Å². The van der Waals surface area contributed by atoms with Gasteiger partial charge in [0, 0.05) is 12.4 Å². The van der Waals surface area contributed by atoms with Crippen molar-refractivity contribution in [3.8, 4) is 5.69 Å². The van der Waals surface area contributed by atoms with Crippen LogP contribution >= 0.6 is 0 Å². The summed E-state index contributed by atoms with van der Waals surface area (Å²) in [5, 5.41) is 8.74. The van der Waals surface area contributed by atoms with Crippen LogP contribution in [0.25, 0.3) is 5.69 Å². The summed E-state index contributed by atoms with van der Waals surface area (Å²) >= 11 is 0. The summed E-state index contributed by atoms with van der Waals surface area (Å²) in [5.74, 6) is -2.06. The minimum atomic E-state index is -1.44. The van der Waals surface area contributed by atoms with Crippen molar-refractivity contribution in [1.29, 1.82) is 0 Å². The SMILES string of the molecule is O=C(O)c1nccn(-c2ccccc2F)c1=O. The first kappa shape index (κ1) is 11.0. The molecular weight excluding hydrogens is 227 g/mol. The zero-order valence-electron chi connectivity index (χ0n) is 8.50. The maximum atomic E-state index is 13.5. The minimum Gasteiger partial charge on any atom is -0.476 e. The van der Waals surface area contributed by atoms with Gasteiger partial charge in [-0.25, -0.2) is 14.2 Å². The summed E-state index contributed by atoms with van der Waals surface area (Å²) < 4.78 is 14.4. The Morgan fingerprint density at radius 3 is 2.71 bits per heavy atom. The Kier molecular flexibility index (Phi) is 2.70. The zero-order valence-corrected chi connectivity index (χ0v) is 8.50. The molecule has 0 aliphatic heterocycles. The number of carbonyl (C=O) groups is 1. The van der Waals surface area contributed by atoms with Gasteiger partial charge in [-0.3, -0.25) is 9.36 Å². The standard InChI is InChI=1S/C11H7FN2O3/c12-7-3-1-2-4-8(7)14-6-5-13-9(10(14)15)11(16)17/h1-6H,(H,16,17). The highest BCUT2D eigenvalue weighted by Gasteiger charge is 2.14. The lowest BCUT2D eigenvalue weighted by atomic mass is 10.3. The van der Waals surface area contributed by atoms with Crippen LogP contribution in [0.3, 0.4) is 0 Å². The molecule has 1 N–H and O–H groups in total. The Hall–Kier alpha value is -2.50. The number of aromatic carboxylic acids is 1. The van der Waals surface area contributed by atoms with Gasteiger partial charge in [0.15, 0.2) is 0 Å². The third-order valence-electron chi connectivity index (χ3n) is 2.16. The molecule has 86 valence electrons. The van der Waals surface area contributed by atoms with E-state index in [9.17, 15) is 14.0 Å². The molecule has 0 amide bonds. The van der Waals surface area contributed by atoms with Gasteiger partial charge in [0.2, 0.25) is 5.69 Å². The maximum Gasteiger partial charge on any atom is 0.360 e. The molecule has 2 rings (SSSR count). The molecular formula is C11H7FN2O3. The molecule has 0 spiro atoms. The Morgan fingerprint density at radius 1 is 1.35 bits per heavy atom. The van der Waals surface area contributed by atoms with Gasteiger partial charge in [0.05, 0.1) is 5.69 Å². The summed E-state index contributed by atoms with van der Waals surface area (Å²) in [6, 6.07) is 5.58. The lowest BCUT2D eigenvalue weighted by Gasteiger charge is -2.06. The monoisotopic (exact) mass is 234 g/mol. The van der Waals surface area contributed by atoms with Gasteiger partial charge < -0.3 is 5.11 Å². The molecule has 5 nitrogen and oxygen atoms in total. The third-order valence-corrected chi connectivity index (χ3v) is 2.16. The Morgan fingerprint density at radius 2 is 2.06 bits per heavy atom. The fourth-order valence-corrected chi connectivity index (χ4v) is 1.40. The van der Waals surface area contributed by atoms with Crippen LogP contribution in [0.1, 0.15) is 10.5 Å². The van der Waals surface area contributed by atoms with Crippen LogP contribution in [0, 0.1) is 5.82 Å². The normalized spacial score (nSPS) is 10.2. The van der Waals surface area contributed by atoms with Gasteiger partial charge >= 0.3 is 5.97 Å². The highest BCUT2D eigenvalue weighted by atomic mass is 19.1. The summed E-state index contributed by atoms with van der Waals surface area (Å²) in [5.41, 5.74) is -1.52. The molecule has 0 bridgehead atoms. The van der Waals surface area contributed by atoms with Crippen LogP contribution in [-0.4, -0.2) is 20.6 Å². The van der Waals surface area contributed by atoms with E-state index in [4.69, 9.17) is 5.11 Å². The van der Waals surface area contributed by atoms with Gasteiger partial charge in [-0.2, -0.15) is 0 Å². The fraction of sp³-hybridized carbons (Fsp3) is 0. The molecule has 1 heterocycles. The van der Waals surface area contributed by atoms with Crippen molar-refractivity contribution >= 4 is 5.97 Å². The molecule has 0 aliphatic carbocycles. The van der Waals surface area contributed by atoms with Crippen LogP contribution in [0.15, 0.2) is 41.5 Å². The van der Waals surface area contributed by atoms with E-state index in [0.29, 0.717) is 0 Å². The number of benzene rings is 1. The zero-order chi connectivity index (χ0) is 12.4. The number of rotatable bonds is 2. The average molecular weight is 234 g/mol.